The summed E-state index contributed by atoms with van der Waals surface area (Å²) in [5, 5.41) is 10.1. The fourth-order valence-corrected chi connectivity index (χ4v) is 2.61. The van der Waals surface area contributed by atoms with Gasteiger partial charge in [-0.3, -0.25) is 4.79 Å². The average Bonchev–Trinajstić information content (AvgIpc) is 2.16. The molecule has 0 bridgehead atoms. The normalized spacial score (nSPS) is 11.5. The number of thioether (sulfide) groups is 1. The van der Waals surface area contributed by atoms with Crippen molar-refractivity contribution in [2.75, 3.05) is 0 Å². The minimum atomic E-state index is -0.847. The number of hydrogen-bond acceptors (Lipinski definition) is 2. The molecular weight excluding hydrogens is 267 g/mol. The van der Waals surface area contributed by atoms with Gasteiger partial charge in [0.15, 0.2) is 0 Å². The van der Waals surface area contributed by atoms with Crippen molar-refractivity contribution in [1.82, 2.24) is 0 Å². The zero-order valence-electron chi connectivity index (χ0n) is 8.96. The van der Waals surface area contributed by atoms with E-state index in [1.54, 1.807) is 32.0 Å². The Bertz CT molecular complexity index is 385. The first-order chi connectivity index (χ1) is 7.34. The summed E-state index contributed by atoms with van der Waals surface area (Å²) in [4.78, 5) is 10.9. The monoisotopic (exact) mass is 278 g/mol. The fraction of sp³-hybridized carbons (Fsp3) is 0.364. The van der Waals surface area contributed by atoms with Crippen LogP contribution in [0.5, 0.6) is 0 Å². The Morgan fingerprint density at radius 3 is 2.31 bits per heavy atom. The van der Waals surface area contributed by atoms with Gasteiger partial charge in [-0.05, 0) is 31.5 Å². The lowest BCUT2D eigenvalue weighted by molar-refractivity contribution is -0.138. The van der Waals surface area contributed by atoms with Crippen molar-refractivity contribution in [2.45, 2.75) is 24.3 Å². The van der Waals surface area contributed by atoms with E-state index in [1.165, 1.54) is 11.8 Å². The molecule has 0 aromatic heterocycles. The molecule has 0 unspecified atom stereocenters. The summed E-state index contributed by atoms with van der Waals surface area (Å²) >= 11 is 13.3. The van der Waals surface area contributed by atoms with E-state index < -0.39 is 10.7 Å². The lowest BCUT2D eigenvalue weighted by Crippen LogP contribution is -2.27. The van der Waals surface area contributed by atoms with Gasteiger partial charge >= 0.3 is 5.97 Å². The number of aliphatic carboxylic acids is 1. The van der Waals surface area contributed by atoms with Gasteiger partial charge in [0.2, 0.25) is 0 Å². The third-order valence-corrected chi connectivity index (χ3v) is 4.19. The Hall–Kier alpha value is -0.380. The Kier molecular flexibility index (Phi) is 4.53. The minimum absolute atomic E-state index is 0.484. The van der Waals surface area contributed by atoms with Gasteiger partial charge in [-0.15, -0.1) is 11.8 Å². The molecule has 1 aromatic rings. The maximum absolute atomic E-state index is 10.9. The molecule has 0 saturated heterocycles. The molecule has 0 aliphatic rings. The first-order valence-corrected chi connectivity index (χ1v) is 6.39. The number of rotatable bonds is 4. The maximum Gasteiger partial charge on any atom is 0.319 e. The topological polar surface area (TPSA) is 37.3 Å². The second-order valence-corrected chi connectivity index (χ2v) is 6.22. The van der Waals surface area contributed by atoms with Gasteiger partial charge < -0.3 is 5.11 Å². The molecule has 0 aliphatic heterocycles. The number of benzene rings is 1. The molecule has 0 heterocycles. The zero-order chi connectivity index (χ0) is 12.3. The minimum Gasteiger partial charge on any atom is -0.480 e. The third kappa shape index (κ3) is 3.30. The highest BCUT2D eigenvalue weighted by Gasteiger charge is 2.28. The number of halogens is 2. The number of hydrogen-bond donors (Lipinski definition) is 1. The molecule has 0 amide bonds. The summed E-state index contributed by atoms with van der Waals surface area (Å²) in [7, 11) is 0. The van der Waals surface area contributed by atoms with Crippen molar-refractivity contribution < 1.29 is 9.90 Å². The number of carbonyl (C=O) groups is 1. The van der Waals surface area contributed by atoms with Crippen LogP contribution in [0.25, 0.3) is 0 Å². The predicted molar refractivity (Wildman–Crippen MR) is 69.5 cm³/mol. The smallest absolute Gasteiger partial charge is 0.319 e. The Balaban J connectivity index is 2.79. The van der Waals surface area contributed by atoms with Crippen LogP contribution < -0.4 is 0 Å². The summed E-state index contributed by atoms with van der Waals surface area (Å²) in [5.74, 6) is -0.363. The second kappa shape index (κ2) is 5.30. The van der Waals surface area contributed by atoms with Gasteiger partial charge in [-0.2, -0.15) is 0 Å². The van der Waals surface area contributed by atoms with Crippen LogP contribution in [-0.2, 0) is 10.5 Å². The maximum atomic E-state index is 10.9. The van der Waals surface area contributed by atoms with E-state index in [0.29, 0.717) is 15.8 Å². The Labute approximate surface area is 109 Å². The summed E-state index contributed by atoms with van der Waals surface area (Å²) in [6, 6.07) is 5.26. The lowest BCUT2D eigenvalue weighted by Gasteiger charge is -2.19. The van der Waals surface area contributed by atoms with Crippen LogP contribution in [0.1, 0.15) is 19.4 Å². The highest BCUT2D eigenvalue weighted by molar-refractivity contribution is 8.00. The van der Waals surface area contributed by atoms with E-state index in [4.69, 9.17) is 28.3 Å². The summed E-state index contributed by atoms with van der Waals surface area (Å²) in [6.07, 6.45) is 0. The highest BCUT2D eigenvalue weighted by Crippen LogP contribution is 2.34. The first kappa shape index (κ1) is 13.7. The van der Waals surface area contributed by atoms with Crippen LogP contribution in [0.3, 0.4) is 0 Å². The van der Waals surface area contributed by atoms with E-state index in [2.05, 4.69) is 0 Å². The van der Waals surface area contributed by atoms with E-state index >= 15 is 0 Å². The zero-order valence-corrected chi connectivity index (χ0v) is 11.3. The van der Waals surface area contributed by atoms with Crippen LogP contribution in [0.15, 0.2) is 18.2 Å². The predicted octanol–water partition coefficient (Wildman–Crippen LogP) is 4.09. The van der Waals surface area contributed by atoms with Crippen LogP contribution >= 0.6 is 35.0 Å². The quantitative estimate of drug-likeness (QED) is 0.902. The molecule has 2 nitrogen and oxygen atoms in total. The van der Waals surface area contributed by atoms with Crippen molar-refractivity contribution in [2.24, 2.45) is 0 Å². The van der Waals surface area contributed by atoms with E-state index in [9.17, 15) is 4.79 Å². The number of carboxylic acid groups (broad SMARTS) is 1. The molecule has 1 aromatic carbocycles. The van der Waals surface area contributed by atoms with E-state index in [0.717, 1.165) is 5.56 Å². The van der Waals surface area contributed by atoms with Crippen molar-refractivity contribution in [3.8, 4) is 0 Å². The molecule has 0 fully saturated rings. The van der Waals surface area contributed by atoms with Crippen LogP contribution in [-0.4, -0.2) is 15.8 Å². The van der Waals surface area contributed by atoms with Gasteiger partial charge in [-0.1, -0.05) is 29.3 Å². The molecule has 5 heteroatoms. The van der Waals surface area contributed by atoms with Crippen LogP contribution in [0.4, 0.5) is 0 Å². The first-order valence-electron chi connectivity index (χ1n) is 4.65. The largest absolute Gasteiger partial charge is 0.480 e. The summed E-state index contributed by atoms with van der Waals surface area (Å²) in [6.45, 7) is 3.31. The van der Waals surface area contributed by atoms with Crippen molar-refractivity contribution in [3.05, 3.63) is 33.8 Å². The van der Waals surface area contributed by atoms with Gasteiger partial charge in [-0.25, -0.2) is 0 Å². The molecule has 0 spiro atoms. The molecule has 0 saturated carbocycles. The third-order valence-electron chi connectivity index (χ3n) is 2.15. The molecular formula is C11H12Cl2O2S. The average molecular weight is 279 g/mol. The molecule has 0 aliphatic carbocycles. The highest BCUT2D eigenvalue weighted by atomic mass is 35.5. The van der Waals surface area contributed by atoms with Crippen molar-refractivity contribution in [3.63, 3.8) is 0 Å². The SMILES string of the molecule is CC(C)(SCc1c(Cl)cccc1Cl)C(=O)O. The molecule has 88 valence electrons. The van der Waals surface area contributed by atoms with Crippen molar-refractivity contribution in [1.29, 1.82) is 0 Å². The second-order valence-electron chi connectivity index (χ2n) is 3.80. The number of carboxylic acids is 1. The molecule has 1 rings (SSSR count). The Morgan fingerprint density at radius 1 is 1.38 bits per heavy atom. The Morgan fingerprint density at radius 2 is 1.88 bits per heavy atom. The van der Waals surface area contributed by atoms with Gasteiger partial charge in [0, 0.05) is 15.8 Å². The van der Waals surface area contributed by atoms with Gasteiger partial charge in [0.05, 0.1) is 0 Å². The summed E-state index contributed by atoms with van der Waals surface area (Å²) < 4.78 is -0.845. The lowest BCUT2D eigenvalue weighted by atomic mass is 10.2. The fourth-order valence-electron chi connectivity index (χ4n) is 0.985. The van der Waals surface area contributed by atoms with Crippen LogP contribution in [0.2, 0.25) is 10.0 Å². The molecule has 16 heavy (non-hydrogen) atoms. The molecule has 0 radical (unpaired) electrons. The summed E-state index contributed by atoms with van der Waals surface area (Å²) in [5.41, 5.74) is 0.783. The van der Waals surface area contributed by atoms with Gasteiger partial charge in [0.1, 0.15) is 4.75 Å². The van der Waals surface area contributed by atoms with Gasteiger partial charge in [0.25, 0.3) is 0 Å². The van der Waals surface area contributed by atoms with Crippen LogP contribution in [0, 0.1) is 0 Å². The standard InChI is InChI=1S/C11H12Cl2O2S/c1-11(2,10(14)15)16-6-7-8(12)4-3-5-9(7)13/h3-5H,6H2,1-2H3,(H,14,15). The van der Waals surface area contributed by atoms with E-state index in [-0.39, 0.29) is 0 Å². The molecule has 0 atom stereocenters. The molecule has 1 N–H and O–H groups in total. The van der Waals surface area contributed by atoms with Crippen molar-refractivity contribution >= 4 is 40.9 Å². The van der Waals surface area contributed by atoms with E-state index in [1.807, 2.05) is 0 Å².